The number of hydrogen-bond donors (Lipinski definition) is 0. The molecule has 3 saturated heterocycles. The Morgan fingerprint density at radius 1 is 0.939 bits per heavy atom. The first kappa shape index (κ1) is 26.2. The van der Waals surface area contributed by atoms with Crippen LogP contribution in [-0.2, 0) is 14.3 Å². The molecule has 0 aromatic carbocycles. The summed E-state index contributed by atoms with van der Waals surface area (Å²) in [5.41, 5.74) is 0. The topological polar surface area (TPSA) is 68.8 Å². The maximum atomic E-state index is 11.9. The van der Waals surface area contributed by atoms with Gasteiger partial charge in [0.15, 0.2) is 6.23 Å². The summed E-state index contributed by atoms with van der Waals surface area (Å²) in [6.45, 7) is 13.8. The number of piperazine rings is 2. The van der Waals surface area contributed by atoms with Crippen LogP contribution in [0.25, 0.3) is 0 Å². The van der Waals surface area contributed by atoms with E-state index in [1.165, 1.54) is 65.6 Å². The first-order valence-corrected chi connectivity index (χ1v) is 12.9. The van der Waals surface area contributed by atoms with Crippen LogP contribution in [0.15, 0.2) is 0 Å². The third-order valence-electron chi connectivity index (χ3n) is 7.31. The molecule has 0 N–H and O–H groups in total. The second-order valence-electron chi connectivity index (χ2n) is 9.77. The third kappa shape index (κ3) is 8.09. The molecule has 2 unspecified atom stereocenters. The highest BCUT2D eigenvalue weighted by Crippen LogP contribution is 2.23. The molecule has 3 fully saturated rings. The first-order chi connectivity index (χ1) is 16.0. The number of esters is 1. The van der Waals surface area contributed by atoms with Crippen molar-refractivity contribution in [3.05, 3.63) is 0 Å². The molecule has 0 aromatic rings. The van der Waals surface area contributed by atoms with Gasteiger partial charge in [0.1, 0.15) is 0 Å². The molecule has 3 rings (SSSR count). The quantitative estimate of drug-likeness (QED) is 0.316. The van der Waals surface area contributed by atoms with Crippen LogP contribution in [0, 0.1) is 0 Å². The predicted molar refractivity (Wildman–Crippen MR) is 128 cm³/mol. The zero-order chi connectivity index (χ0) is 23.6. The van der Waals surface area contributed by atoms with Crippen LogP contribution in [-0.4, -0.2) is 135 Å². The standard InChI is InChI=1S/C24H45N5O4/c1-4-10-26-13-15-27(16-14-26)11-6-5-8-21-19-28(12-7-9-23(30)32-3)17-18-29(21)22-20-25(2)24(31)33-22/h21-22H,4-20H2,1-3H3. The number of nitrogens with zero attached hydrogens (tertiary/aromatic N) is 5. The van der Waals surface area contributed by atoms with E-state index in [9.17, 15) is 9.59 Å². The van der Waals surface area contributed by atoms with Gasteiger partial charge < -0.3 is 29.1 Å². The molecular weight excluding hydrogens is 422 g/mol. The summed E-state index contributed by atoms with van der Waals surface area (Å²) in [4.78, 5) is 35.1. The number of carbonyl (C=O) groups excluding carboxylic acids is 2. The van der Waals surface area contributed by atoms with Crippen LogP contribution in [0.4, 0.5) is 4.79 Å². The Morgan fingerprint density at radius 2 is 1.61 bits per heavy atom. The van der Waals surface area contributed by atoms with Crippen molar-refractivity contribution >= 4 is 12.1 Å². The number of cyclic esters (lactones) is 1. The Kier molecular flexibility index (Phi) is 10.7. The molecule has 9 nitrogen and oxygen atoms in total. The van der Waals surface area contributed by atoms with Gasteiger partial charge in [0.05, 0.1) is 13.7 Å². The van der Waals surface area contributed by atoms with Crippen molar-refractivity contribution in [2.24, 2.45) is 0 Å². The Labute approximate surface area is 199 Å². The monoisotopic (exact) mass is 467 g/mol. The molecular formula is C24H45N5O4. The van der Waals surface area contributed by atoms with Gasteiger partial charge in [-0.25, -0.2) is 4.79 Å². The van der Waals surface area contributed by atoms with Gasteiger partial charge in [-0.15, -0.1) is 0 Å². The third-order valence-corrected chi connectivity index (χ3v) is 7.31. The van der Waals surface area contributed by atoms with Crippen LogP contribution < -0.4 is 0 Å². The molecule has 0 saturated carbocycles. The molecule has 2 atom stereocenters. The van der Waals surface area contributed by atoms with Gasteiger partial charge in [0, 0.05) is 65.3 Å². The van der Waals surface area contributed by atoms with E-state index >= 15 is 0 Å². The highest BCUT2D eigenvalue weighted by molar-refractivity contribution is 5.69. The van der Waals surface area contributed by atoms with E-state index < -0.39 is 0 Å². The predicted octanol–water partition coefficient (Wildman–Crippen LogP) is 1.53. The minimum absolute atomic E-state index is 0.137. The maximum Gasteiger partial charge on any atom is 0.411 e. The van der Waals surface area contributed by atoms with Gasteiger partial charge in [-0.05, 0) is 45.3 Å². The normalized spacial score (nSPS) is 26.0. The molecule has 3 aliphatic rings. The summed E-state index contributed by atoms with van der Waals surface area (Å²) in [7, 11) is 3.25. The fraction of sp³-hybridized carbons (Fsp3) is 0.917. The number of carbonyl (C=O) groups is 2. The zero-order valence-electron chi connectivity index (χ0n) is 21.0. The average molecular weight is 468 g/mol. The van der Waals surface area contributed by atoms with E-state index in [-0.39, 0.29) is 18.3 Å². The lowest BCUT2D eigenvalue weighted by molar-refractivity contribution is -0.140. The van der Waals surface area contributed by atoms with E-state index in [4.69, 9.17) is 9.47 Å². The fourth-order valence-corrected chi connectivity index (χ4v) is 5.32. The summed E-state index contributed by atoms with van der Waals surface area (Å²) in [6.07, 6.45) is 5.68. The van der Waals surface area contributed by atoms with Gasteiger partial charge in [-0.1, -0.05) is 13.3 Å². The Morgan fingerprint density at radius 3 is 2.24 bits per heavy atom. The number of methoxy groups -OCH3 is 1. The number of amides is 1. The van der Waals surface area contributed by atoms with E-state index in [0.29, 0.717) is 19.0 Å². The SMILES string of the molecule is CCCN1CCN(CCCCC2CN(CCCC(=O)OC)CCN2C2CN(C)C(=O)O2)CC1. The summed E-state index contributed by atoms with van der Waals surface area (Å²) in [5, 5.41) is 0. The van der Waals surface area contributed by atoms with Crippen LogP contribution in [0.5, 0.6) is 0 Å². The number of ether oxygens (including phenoxy) is 2. The molecule has 1 amide bonds. The molecule has 0 radical (unpaired) electrons. The van der Waals surface area contributed by atoms with Gasteiger partial charge in [-0.2, -0.15) is 0 Å². The minimum Gasteiger partial charge on any atom is -0.469 e. The molecule has 3 heterocycles. The van der Waals surface area contributed by atoms with Crippen LogP contribution in [0.2, 0.25) is 0 Å². The van der Waals surface area contributed by atoms with E-state index in [2.05, 4.69) is 26.5 Å². The number of unbranched alkanes of at least 4 members (excludes halogenated alkanes) is 1. The molecule has 190 valence electrons. The number of hydrogen-bond acceptors (Lipinski definition) is 8. The van der Waals surface area contributed by atoms with Gasteiger partial charge >= 0.3 is 12.1 Å². The van der Waals surface area contributed by atoms with E-state index in [0.717, 1.165) is 39.0 Å². The summed E-state index contributed by atoms with van der Waals surface area (Å²) >= 11 is 0. The van der Waals surface area contributed by atoms with Crippen molar-refractivity contribution in [2.75, 3.05) is 86.1 Å². The second kappa shape index (κ2) is 13.5. The second-order valence-corrected chi connectivity index (χ2v) is 9.77. The Bertz CT molecular complexity index is 614. The molecule has 0 aromatic heterocycles. The van der Waals surface area contributed by atoms with Crippen molar-refractivity contribution in [1.82, 2.24) is 24.5 Å². The number of likely N-dealkylation sites (N-methyl/N-ethyl adjacent to an activating group) is 1. The highest BCUT2D eigenvalue weighted by atomic mass is 16.6. The van der Waals surface area contributed by atoms with Crippen molar-refractivity contribution in [1.29, 1.82) is 0 Å². The highest BCUT2D eigenvalue weighted by Gasteiger charge is 2.38. The van der Waals surface area contributed by atoms with Gasteiger partial charge in [-0.3, -0.25) is 9.69 Å². The summed E-state index contributed by atoms with van der Waals surface area (Å²) in [5.74, 6) is -0.137. The smallest absolute Gasteiger partial charge is 0.411 e. The van der Waals surface area contributed by atoms with Crippen LogP contribution in [0.1, 0.15) is 45.4 Å². The molecule has 9 heteroatoms. The van der Waals surface area contributed by atoms with Crippen molar-refractivity contribution in [2.45, 2.75) is 57.7 Å². The number of rotatable bonds is 12. The fourth-order valence-electron chi connectivity index (χ4n) is 5.32. The first-order valence-electron chi connectivity index (χ1n) is 12.9. The van der Waals surface area contributed by atoms with Crippen molar-refractivity contribution in [3.8, 4) is 0 Å². The maximum absolute atomic E-state index is 11.9. The lowest BCUT2D eigenvalue weighted by Crippen LogP contribution is -2.57. The van der Waals surface area contributed by atoms with Gasteiger partial charge in [0.25, 0.3) is 0 Å². The van der Waals surface area contributed by atoms with E-state index in [1.54, 1.807) is 11.9 Å². The average Bonchev–Trinajstić information content (AvgIpc) is 3.15. The molecule has 0 bridgehead atoms. The molecule has 3 aliphatic heterocycles. The Balaban J connectivity index is 1.44. The summed E-state index contributed by atoms with van der Waals surface area (Å²) < 4.78 is 10.4. The minimum atomic E-state index is -0.221. The van der Waals surface area contributed by atoms with E-state index in [1.807, 2.05) is 0 Å². The van der Waals surface area contributed by atoms with Crippen molar-refractivity contribution < 1.29 is 19.1 Å². The Hall–Kier alpha value is -1.42. The van der Waals surface area contributed by atoms with Crippen molar-refractivity contribution in [3.63, 3.8) is 0 Å². The van der Waals surface area contributed by atoms with Crippen LogP contribution >= 0.6 is 0 Å². The van der Waals surface area contributed by atoms with Gasteiger partial charge in [0.2, 0.25) is 0 Å². The zero-order valence-corrected chi connectivity index (χ0v) is 21.0. The lowest BCUT2D eigenvalue weighted by Gasteiger charge is -2.43. The molecule has 33 heavy (non-hydrogen) atoms. The lowest BCUT2D eigenvalue weighted by atomic mass is 10.0. The van der Waals surface area contributed by atoms with Crippen LogP contribution in [0.3, 0.4) is 0 Å². The summed E-state index contributed by atoms with van der Waals surface area (Å²) in [6, 6.07) is 0.377. The molecule has 0 aliphatic carbocycles. The largest absolute Gasteiger partial charge is 0.469 e. The molecule has 0 spiro atoms.